The molecule has 0 atom stereocenters. The number of carbonyl (C=O) groups is 2. The zero-order valence-electron chi connectivity index (χ0n) is 29.4. The number of nitrogens with one attached hydrogen (secondary N) is 1. The van der Waals surface area contributed by atoms with Gasteiger partial charge in [-0.25, -0.2) is 0 Å². The van der Waals surface area contributed by atoms with Crippen molar-refractivity contribution in [2.24, 2.45) is 0 Å². The third kappa shape index (κ3) is 31.0. The van der Waals surface area contributed by atoms with Gasteiger partial charge in [0.25, 0.3) is 0 Å². The van der Waals surface area contributed by atoms with E-state index in [2.05, 4.69) is 24.4 Å². The number of carboxylic acids is 1. The number of benzene rings is 1. The SMILES string of the molecule is CCCCCCCCCc1ccc(OCCOCCOCCOCCOCCOCCOCCOCCCNC(=O)CCC(=O)O)cc1. The lowest BCUT2D eigenvalue weighted by molar-refractivity contribution is -0.138. The molecule has 0 saturated carbocycles. The Labute approximate surface area is 288 Å². The van der Waals surface area contributed by atoms with Crippen molar-refractivity contribution in [1.82, 2.24) is 5.32 Å². The van der Waals surface area contributed by atoms with Crippen molar-refractivity contribution in [3.8, 4) is 5.75 Å². The van der Waals surface area contributed by atoms with E-state index in [0.717, 1.165) is 12.2 Å². The maximum Gasteiger partial charge on any atom is 0.303 e. The van der Waals surface area contributed by atoms with E-state index in [1.807, 2.05) is 12.1 Å². The minimum atomic E-state index is -0.979. The van der Waals surface area contributed by atoms with Crippen LogP contribution in [0.2, 0.25) is 0 Å². The van der Waals surface area contributed by atoms with Crippen LogP contribution in [0.3, 0.4) is 0 Å². The van der Waals surface area contributed by atoms with Gasteiger partial charge in [-0.2, -0.15) is 0 Å². The molecule has 12 nitrogen and oxygen atoms in total. The monoisotopic (exact) mass is 685 g/mol. The topological polar surface area (TPSA) is 140 Å². The highest BCUT2D eigenvalue weighted by atomic mass is 16.6. The minimum Gasteiger partial charge on any atom is -0.491 e. The first-order chi connectivity index (χ1) is 23.6. The van der Waals surface area contributed by atoms with Crippen LogP contribution in [0.15, 0.2) is 24.3 Å². The molecule has 0 saturated heterocycles. The highest BCUT2D eigenvalue weighted by Gasteiger charge is 2.04. The molecule has 0 aliphatic heterocycles. The van der Waals surface area contributed by atoms with Crippen LogP contribution in [0.25, 0.3) is 0 Å². The summed E-state index contributed by atoms with van der Waals surface area (Å²) in [5, 5.41) is 11.2. The average Bonchev–Trinajstić information content (AvgIpc) is 3.09. The lowest BCUT2D eigenvalue weighted by Crippen LogP contribution is -2.25. The van der Waals surface area contributed by atoms with Crippen molar-refractivity contribution < 1.29 is 52.6 Å². The molecule has 0 heterocycles. The molecule has 0 bridgehead atoms. The summed E-state index contributed by atoms with van der Waals surface area (Å²) in [6.45, 7) is 10.1. The second kappa shape index (κ2) is 34.5. The van der Waals surface area contributed by atoms with E-state index in [9.17, 15) is 9.59 Å². The maximum atomic E-state index is 11.4. The smallest absolute Gasteiger partial charge is 0.303 e. The van der Waals surface area contributed by atoms with Crippen molar-refractivity contribution in [2.75, 3.05) is 106 Å². The highest BCUT2D eigenvalue weighted by Crippen LogP contribution is 2.15. The number of amides is 1. The molecule has 0 aliphatic rings. The average molecular weight is 686 g/mol. The van der Waals surface area contributed by atoms with Gasteiger partial charge in [0.15, 0.2) is 0 Å². The largest absolute Gasteiger partial charge is 0.491 e. The summed E-state index contributed by atoms with van der Waals surface area (Å²) in [5.74, 6) is -0.363. The highest BCUT2D eigenvalue weighted by molar-refractivity contribution is 5.80. The van der Waals surface area contributed by atoms with E-state index in [0.29, 0.717) is 112 Å². The van der Waals surface area contributed by atoms with Crippen LogP contribution >= 0.6 is 0 Å². The lowest BCUT2D eigenvalue weighted by atomic mass is 10.0. The fourth-order valence-electron chi connectivity index (χ4n) is 4.39. The molecule has 0 spiro atoms. The molecule has 278 valence electrons. The van der Waals surface area contributed by atoms with Gasteiger partial charge < -0.3 is 48.3 Å². The summed E-state index contributed by atoms with van der Waals surface area (Å²) in [6.07, 6.45) is 11.0. The van der Waals surface area contributed by atoms with Crippen molar-refractivity contribution in [2.45, 2.75) is 77.6 Å². The second-order valence-electron chi connectivity index (χ2n) is 11.2. The summed E-state index contributed by atoms with van der Waals surface area (Å²) in [7, 11) is 0. The molecule has 0 fully saturated rings. The minimum absolute atomic E-state index is 0.00610. The lowest BCUT2D eigenvalue weighted by Gasteiger charge is -2.09. The number of ether oxygens (including phenoxy) is 8. The van der Waals surface area contributed by atoms with Gasteiger partial charge in [-0.15, -0.1) is 0 Å². The van der Waals surface area contributed by atoms with E-state index >= 15 is 0 Å². The summed E-state index contributed by atoms with van der Waals surface area (Å²) in [4.78, 5) is 21.8. The van der Waals surface area contributed by atoms with Crippen LogP contribution in [0.1, 0.15) is 76.7 Å². The first-order valence-electron chi connectivity index (χ1n) is 17.9. The van der Waals surface area contributed by atoms with Crippen LogP contribution in [-0.4, -0.2) is 123 Å². The molecule has 12 heteroatoms. The Balaban J connectivity index is 1.73. The molecule has 1 amide bonds. The molecule has 0 radical (unpaired) electrons. The van der Waals surface area contributed by atoms with Gasteiger partial charge in [-0.1, -0.05) is 57.6 Å². The maximum absolute atomic E-state index is 11.4. The summed E-state index contributed by atoms with van der Waals surface area (Å²) >= 11 is 0. The Bertz CT molecular complexity index is 857. The molecule has 0 unspecified atom stereocenters. The Hall–Kier alpha value is -2.32. The third-order valence-corrected chi connectivity index (χ3v) is 7.07. The van der Waals surface area contributed by atoms with Crippen molar-refractivity contribution in [3.05, 3.63) is 29.8 Å². The molecule has 0 aromatic heterocycles. The van der Waals surface area contributed by atoms with Gasteiger partial charge in [0, 0.05) is 19.6 Å². The van der Waals surface area contributed by atoms with E-state index in [-0.39, 0.29) is 18.7 Å². The summed E-state index contributed by atoms with van der Waals surface area (Å²) in [5.41, 5.74) is 1.37. The van der Waals surface area contributed by atoms with Crippen LogP contribution in [0.4, 0.5) is 0 Å². The molecular weight excluding hydrogens is 622 g/mol. The predicted octanol–water partition coefficient (Wildman–Crippen LogP) is 4.85. The van der Waals surface area contributed by atoms with Crippen LogP contribution in [0, 0.1) is 0 Å². The predicted molar refractivity (Wildman–Crippen MR) is 184 cm³/mol. The first-order valence-corrected chi connectivity index (χ1v) is 17.9. The van der Waals surface area contributed by atoms with Gasteiger partial charge in [-0.3, -0.25) is 9.59 Å². The zero-order chi connectivity index (χ0) is 34.6. The molecule has 48 heavy (non-hydrogen) atoms. The molecular formula is C36H63NO11. The second-order valence-corrected chi connectivity index (χ2v) is 11.2. The standard InChI is InChI=1S/C36H63NO11/c1-2-3-4-5-6-7-8-10-33-11-13-34(14-12-33)48-32-31-47-30-29-46-28-27-45-26-25-44-24-23-43-22-21-42-20-19-41-18-9-17-37-35(38)15-16-36(39)40/h11-14H,2-10,15-32H2,1H3,(H,37,38)(H,39,40). The van der Waals surface area contributed by atoms with Crippen molar-refractivity contribution in [1.29, 1.82) is 0 Å². The normalized spacial score (nSPS) is 11.2. The van der Waals surface area contributed by atoms with Crippen molar-refractivity contribution >= 4 is 11.9 Å². The van der Waals surface area contributed by atoms with Gasteiger partial charge in [0.05, 0.1) is 92.3 Å². The fourth-order valence-corrected chi connectivity index (χ4v) is 4.39. The number of aliphatic carboxylic acids is 1. The quantitative estimate of drug-likeness (QED) is 0.0930. The number of hydrogen-bond donors (Lipinski definition) is 2. The fraction of sp³-hybridized carbons (Fsp3) is 0.778. The summed E-state index contributed by atoms with van der Waals surface area (Å²) in [6, 6.07) is 8.42. The van der Waals surface area contributed by atoms with Gasteiger partial charge in [-0.05, 0) is 37.0 Å². The molecule has 0 aliphatic carbocycles. The Morgan fingerprint density at radius 1 is 0.542 bits per heavy atom. The van der Waals surface area contributed by atoms with E-state index in [1.165, 1.54) is 50.5 Å². The van der Waals surface area contributed by atoms with Gasteiger partial charge in [0.1, 0.15) is 12.4 Å². The summed E-state index contributed by atoms with van der Waals surface area (Å²) < 4.78 is 44.2. The Kier molecular flexibility index (Phi) is 31.4. The van der Waals surface area contributed by atoms with Gasteiger partial charge in [0.2, 0.25) is 5.91 Å². The third-order valence-electron chi connectivity index (χ3n) is 7.07. The molecule has 1 aromatic rings. The van der Waals surface area contributed by atoms with E-state index < -0.39 is 5.97 Å². The number of rotatable bonds is 37. The number of hydrogen-bond acceptors (Lipinski definition) is 10. The number of aryl methyl sites for hydroxylation is 1. The molecule has 2 N–H and O–H groups in total. The van der Waals surface area contributed by atoms with Crippen LogP contribution < -0.4 is 10.1 Å². The number of carbonyl (C=O) groups excluding carboxylic acids is 1. The Morgan fingerprint density at radius 2 is 0.979 bits per heavy atom. The molecule has 1 aromatic carbocycles. The van der Waals surface area contributed by atoms with E-state index in [1.54, 1.807) is 0 Å². The molecule has 1 rings (SSSR count). The van der Waals surface area contributed by atoms with Crippen LogP contribution in [-0.2, 0) is 49.2 Å². The Morgan fingerprint density at radius 3 is 1.46 bits per heavy atom. The van der Waals surface area contributed by atoms with Crippen LogP contribution in [0.5, 0.6) is 5.75 Å². The van der Waals surface area contributed by atoms with E-state index in [4.69, 9.17) is 43.0 Å². The van der Waals surface area contributed by atoms with Crippen molar-refractivity contribution in [3.63, 3.8) is 0 Å². The zero-order valence-corrected chi connectivity index (χ0v) is 29.4. The first kappa shape index (κ1) is 43.7. The van der Waals surface area contributed by atoms with Gasteiger partial charge >= 0.3 is 5.97 Å². The number of carboxylic acid groups (broad SMARTS) is 1. The number of unbranched alkanes of at least 4 members (excludes halogenated alkanes) is 6.